The Morgan fingerprint density at radius 3 is 2.55 bits per heavy atom. The number of nitrogens with zero attached hydrogens (tertiary/aromatic N) is 2. The van der Waals surface area contributed by atoms with E-state index in [1.807, 2.05) is 6.07 Å². The molecule has 1 aromatic rings. The van der Waals surface area contributed by atoms with Gasteiger partial charge in [0, 0.05) is 12.5 Å². The molecule has 0 N–H and O–H groups in total. The Morgan fingerprint density at radius 1 is 1.19 bits per heavy atom. The van der Waals surface area contributed by atoms with Crippen LogP contribution in [0.15, 0.2) is 34.9 Å². The molecule has 0 unspecified atom stereocenters. The zero-order chi connectivity index (χ0) is 23.0. The van der Waals surface area contributed by atoms with Gasteiger partial charge in [-0.2, -0.15) is 5.26 Å². The van der Waals surface area contributed by atoms with Crippen LogP contribution in [0.25, 0.3) is 6.08 Å². The normalized spacial score (nSPS) is 15.2. The van der Waals surface area contributed by atoms with E-state index in [1.54, 1.807) is 31.2 Å². The lowest BCUT2D eigenvalue weighted by Crippen LogP contribution is -2.44. The van der Waals surface area contributed by atoms with Crippen molar-refractivity contribution in [1.82, 2.24) is 4.90 Å². The molecule has 0 atom stereocenters. The van der Waals surface area contributed by atoms with Gasteiger partial charge in [0.05, 0.1) is 20.3 Å². The first-order valence-electron chi connectivity index (χ1n) is 9.97. The molecule has 0 fully saturated rings. The van der Waals surface area contributed by atoms with E-state index >= 15 is 0 Å². The second-order valence-electron chi connectivity index (χ2n) is 6.88. The maximum atomic E-state index is 13.0. The summed E-state index contributed by atoms with van der Waals surface area (Å²) in [6.07, 6.45) is 3.52. The zero-order valence-electron chi connectivity index (χ0n) is 18.2. The fourth-order valence-electron chi connectivity index (χ4n) is 3.00. The third-order valence-electron chi connectivity index (χ3n) is 4.70. The molecule has 0 saturated carbocycles. The highest BCUT2D eigenvalue weighted by Gasteiger charge is 2.35. The number of carbonyl (C=O) groups excluding carboxylic acids is 3. The van der Waals surface area contributed by atoms with Crippen LogP contribution in [-0.4, -0.2) is 49.6 Å². The third kappa shape index (κ3) is 5.72. The van der Waals surface area contributed by atoms with E-state index < -0.39 is 17.8 Å². The summed E-state index contributed by atoms with van der Waals surface area (Å²) < 4.78 is 16.0. The number of imide groups is 1. The number of methoxy groups -OCH3 is 1. The molecular weight excluding hydrogens is 400 g/mol. The summed E-state index contributed by atoms with van der Waals surface area (Å²) >= 11 is 0. The van der Waals surface area contributed by atoms with Crippen LogP contribution in [0.1, 0.15) is 39.2 Å². The first kappa shape index (κ1) is 23.7. The maximum Gasteiger partial charge on any atom is 0.302 e. The van der Waals surface area contributed by atoms with Crippen molar-refractivity contribution in [2.24, 2.45) is 0 Å². The average Bonchev–Trinajstić information content (AvgIpc) is 2.74. The molecule has 0 spiro atoms. The van der Waals surface area contributed by atoms with Crippen molar-refractivity contribution >= 4 is 23.9 Å². The van der Waals surface area contributed by atoms with E-state index in [2.05, 4.69) is 6.92 Å². The summed E-state index contributed by atoms with van der Waals surface area (Å²) in [5, 5.41) is 9.44. The SMILES string of the molecule is CCCCOc1ccc(/C=C2/C(=O)N(CCOC(C)=O)C(=O)C(C#N)=C2C)cc1OC. The lowest BCUT2D eigenvalue weighted by Gasteiger charge is -2.27. The van der Waals surface area contributed by atoms with E-state index in [0.29, 0.717) is 29.2 Å². The van der Waals surface area contributed by atoms with Crippen molar-refractivity contribution in [2.45, 2.75) is 33.6 Å². The topological polar surface area (TPSA) is 106 Å². The minimum atomic E-state index is -0.702. The Balaban J connectivity index is 2.38. The quantitative estimate of drug-likeness (QED) is 0.259. The van der Waals surface area contributed by atoms with Crippen molar-refractivity contribution in [1.29, 1.82) is 5.26 Å². The van der Waals surface area contributed by atoms with Crippen molar-refractivity contribution < 1.29 is 28.6 Å². The Morgan fingerprint density at radius 2 is 1.94 bits per heavy atom. The van der Waals surface area contributed by atoms with Gasteiger partial charge in [-0.05, 0) is 42.7 Å². The van der Waals surface area contributed by atoms with Crippen LogP contribution in [0.3, 0.4) is 0 Å². The summed E-state index contributed by atoms with van der Waals surface area (Å²) in [6, 6.07) is 7.11. The van der Waals surface area contributed by atoms with Gasteiger partial charge in [-0.15, -0.1) is 0 Å². The Labute approximate surface area is 181 Å². The Kier molecular flexibility index (Phi) is 8.38. The molecule has 31 heavy (non-hydrogen) atoms. The molecule has 1 heterocycles. The van der Waals surface area contributed by atoms with Crippen LogP contribution < -0.4 is 9.47 Å². The Hall–Kier alpha value is -3.60. The van der Waals surface area contributed by atoms with Gasteiger partial charge in [0.2, 0.25) is 0 Å². The fourth-order valence-corrected chi connectivity index (χ4v) is 3.00. The van der Waals surface area contributed by atoms with Gasteiger partial charge < -0.3 is 14.2 Å². The molecule has 0 aliphatic carbocycles. The molecule has 0 saturated heterocycles. The molecule has 164 valence electrons. The predicted octanol–water partition coefficient (Wildman–Crippen LogP) is 3.03. The smallest absolute Gasteiger partial charge is 0.302 e. The molecular formula is C23H26N2O6. The number of carbonyl (C=O) groups is 3. The molecule has 2 rings (SSSR count). The van der Waals surface area contributed by atoms with Gasteiger partial charge in [-0.1, -0.05) is 19.4 Å². The zero-order valence-corrected chi connectivity index (χ0v) is 18.2. The largest absolute Gasteiger partial charge is 0.493 e. The molecule has 0 radical (unpaired) electrons. The van der Waals surface area contributed by atoms with Gasteiger partial charge >= 0.3 is 5.97 Å². The number of amides is 2. The second-order valence-corrected chi connectivity index (χ2v) is 6.88. The molecule has 8 heteroatoms. The van der Waals surface area contributed by atoms with Gasteiger partial charge in [-0.3, -0.25) is 19.3 Å². The highest BCUT2D eigenvalue weighted by atomic mass is 16.5. The van der Waals surface area contributed by atoms with E-state index in [-0.39, 0.29) is 24.3 Å². The highest BCUT2D eigenvalue weighted by molar-refractivity contribution is 6.19. The van der Waals surface area contributed by atoms with Crippen LogP contribution in [0.5, 0.6) is 11.5 Å². The number of nitriles is 1. The van der Waals surface area contributed by atoms with E-state index in [0.717, 1.165) is 17.7 Å². The second kappa shape index (κ2) is 11.0. The maximum absolute atomic E-state index is 13.0. The van der Waals surface area contributed by atoms with Crippen LogP contribution in [0.4, 0.5) is 0 Å². The predicted molar refractivity (Wildman–Crippen MR) is 113 cm³/mol. The van der Waals surface area contributed by atoms with Crippen LogP contribution in [0, 0.1) is 11.3 Å². The highest BCUT2D eigenvalue weighted by Crippen LogP contribution is 2.31. The number of esters is 1. The van der Waals surface area contributed by atoms with E-state index in [4.69, 9.17) is 14.2 Å². The summed E-state index contributed by atoms with van der Waals surface area (Å²) in [6.45, 7) is 5.15. The van der Waals surface area contributed by atoms with Gasteiger partial charge in [-0.25, -0.2) is 0 Å². The molecule has 0 aromatic heterocycles. The van der Waals surface area contributed by atoms with Gasteiger partial charge in [0.25, 0.3) is 11.8 Å². The van der Waals surface area contributed by atoms with Gasteiger partial charge in [0.15, 0.2) is 11.5 Å². The minimum absolute atomic E-state index is 0.125. The summed E-state index contributed by atoms with van der Waals surface area (Å²) in [7, 11) is 1.53. The van der Waals surface area contributed by atoms with Crippen LogP contribution in [0.2, 0.25) is 0 Å². The number of hydrogen-bond acceptors (Lipinski definition) is 7. The monoisotopic (exact) mass is 426 g/mol. The van der Waals surface area contributed by atoms with E-state index in [1.165, 1.54) is 14.0 Å². The van der Waals surface area contributed by atoms with E-state index in [9.17, 15) is 19.6 Å². The lowest BCUT2D eigenvalue weighted by molar-refractivity contribution is -0.147. The molecule has 1 aromatic carbocycles. The van der Waals surface area contributed by atoms with Crippen LogP contribution in [-0.2, 0) is 19.1 Å². The molecule has 0 bridgehead atoms. The standard InChI is InChI=1S/C23H26N2O6/c1-5-6-10-31-20-8-7-17(13-21(20)29-4)12-18-15(2)19(14-24)23(28)25(22(18)27)9-11-30-16(3)26/h7-8,12-13H,5-6,9-11H2,1-4H3/b18-12+. The molecule has 1 aliphatic heterocycles. The number of ether oxygens (including phenoxy) is 3. The molecule has 8 nitrogen and oxygen atoms in total. The lowest BCUT2D eigenvalue weighted by atomic mass is 9.93. The Bertz CT molecular complexity index is 971. The molecule has 1 aliphatic rings. The summed E-state index contributed by atoms with van der Waals surface area (Å²) in [4.78, 5) is 37.4. The van der Waals surface area contributed by atoms with Gasteiger partial charge in [0.1, 0.15) is 18.2 Å². The third-order valence-corrected chi connectivity index (χ3v) is 4.70. The molecule has 2 amide bonds. The average molecular weight is 426 g/mol. The summed E-state index contributed by atoms with van der Waals surface area (Å²) in [5.41, 5.74) is 1.03. The van der Waals surface area contributed by atoms with Crippen molar-refractivity contribution in [2.75, 3.05) is 26.9 Å². The first-order valence-corrected chi connectivity index (χ1v) is 9.97. The van der Waals surface area contributed by atoms with Crippen molar-refractivity contribution in [3.63, 3.8) is 0 Å². The number of unbranched alkanes of at least 4 members (excludes halogenated alkanes) is 1. The summed E-state index contributed by atoms with van der Waals surface area (Å²) in [5.74, 6) is -0.675. The first-order chi connectivity index (χ1) is 14.8. The van der Waals surface area contributed by atoms with Crippen molar-refractivity contribution in [3.8, 4) is 17.6 Å². The van der Waals surface area contributed by atoms with Crippen LogP contribution >= 0.6 is 0 Å². The number of hydrogen-bond donors (Lipinski definition) is 0. The minimum Gasteiger partial charge on any atom is -0.493 e. The number of benzene rings is 1. The number of rotatable bonds is 9. The van der Waals surface area contributed by atoms with Crippen molar-refractivity contribution in [3.05, 3.63) is 40.5 Å². The fraction of sp³-hybridized carbons (Fsp3) is 0.391.